The third-order valence-electron chi connectivity index (χ3n) is 2.78. The molecule has 0 saturated heterocycles. The van der Waals surface area contributed by atoms with Crippen molar-refractivity contribution in [3.63, 3.8) is 0 Å². The molecule has 2 aromatic rings. The van der Waals surface area contributed by atoms with Gasteiger partial charge in [0.1, 0.15) is 0 Å². The smallest absolute Gasteiger partial charge is 0.235 e. The molecule has 0 aromatic heterocycles. The van der Waals surface area contributed by atoms with Gasteiger partial charge in [-0.2, -0.15) is 0 Å². The van der Waals surface area contributed by atoms with E-state index in [-0.39, 0.29) is 4.90 Å². The lowest BCUT2D eigenvalue weighted by Gasteiger charge is -1.95. The van der Waals surface area contributed by atoms with Gasteiger partial charge in [-0.05, 0) is 17.7 Å². The fourth-order valence-corrected chi connectivity index (χ4v) is 2.15. The Morgan fingerprint density at radius 3 is 1.64 bits per heavy atom. The summed E-state index contributed by atoms with van der Waals surface area (Å²) in [6.07, 6.45) is 3.48. The summed E-state index contributed by atoms with van der Waals surface area (Å²) in [6.45, 7) is 6.26. The average molecular weight is 424 g/mol. The van der Waals surface area contributed by atoms with Crippen molar-refractivity contribution in [3.8, 4) is 0 Å². The van der Waals surface area contributed by atoms with Gasteiger partial charge in [0.2, 0.25) is 6.20 Å². The van der Waals surface area contributed by atoms with Crippen molar-refractivity contribution in [3.05, 3.63) is 107 Å². The lowest BCUT2D eigenvalue weighted by atomic mass is 10.2. The molecule has 0 N–H and O–H groups in total. The number of benzene rings is 2. The minimum Gasteiger partial charge on any atom is -0.259 e. The molecule has 0 bridgehead atoms. The van der Waals surface area contributed by atoms with Gasteiger partial charge in [0, 0.05) is 23.1 Å². The molecule has 0 aliphatic rings. The fraction of sp³-hybridized carbons (Fsp3) is 0.0526. The molecule has 150 valence electrons. The Kier molecular flexibility index (Phi) is 11.0. The van der Waals surface area contributed by atoms with Gasteiger partial charge in [-0.1, -0.05) is 61.7 Å². The summed E-state index contributed by atoms with van der Waals surface area (Å²) in [6, 6.07) is 17.3. The highest BCUT2D eigenvalue weighted by Crippen LogP contribution is 2.09. The van der Waals surface area contributed by atoms with E-state index >= 15 is 0 Å². The Labute approximate surface area is 165 Å². The van der Waals surface area contributed by atoms with Crippen LogP contribution in [-0.2, 0) is 19.7 Å². The first kappa shape index (κ1) is 25.0. The Bertz CT molecular complexity index is 985. The molecule has 0 unspecified atom stereocenters. The van der Waals surface area contributed by atoms with Crippen molar-refractivity contribution in [1.82, 2.24) is 0 Å². The number of hydrogen-bond acceptors (Lipinski definition) is 6. The maximum atomic E-state index is 11.1. The number of nitro groups is 1. The van der Waals surface area contributed by atoms with Crippen LogP contribution in [0.5, 0.6) is 0 Å². The number of nitrogens with zero attached hydrogens (tertiary/aromatic N) is 1. The molecule has 0 radical (unpaired) electrons. The first-order valence-corrected chi connectivity index (χ1v) is 11.1. The van der Waals surface area contributed by atoms with Gasteiger partial charge in [-0.3, -0.25) is 10.1 Å². The number of sulfone groups is 2. The maximum absolute atomic E-state index is 11.1. The van der Waals surface area contributed by atoms with Crippen molar-refractivity contribution in [2.45, 2.75) is 4.90 Å². The molecule has 9 heteroatoms. The largest absolute Gasteiger partial charge is 0.259 e. The van der Waals surface area contributed by atoms with Crippen LogP contribution in [0.2, 0.25) is 0 Å². The Hall–Kier alpha value is -3.04. The molecule has 0 amide bonds. The van der Waals surface area contributed by atoms with Gasteiger partial charge in [0.05, 0.1) is 9.82 Å². The molecule has 0 aliphatic heterocycles. The maximum Gasteiger partial charge on any atom is 0.235 e. The minimum absolute atomic E-state index is 0.287. The van der Waals surface area contributed by atoms with E-state index in [0.717, 1.165) is 28.8 Å². The zero-order valence-electron chi connectivity index (χ0n) is 15.2. The Morgan fingerprint density at radius 2 is 1.29 bits per heavy atom. The zero-order valence-corrected chi connectivity index (χ0v) is 16.8. The predicted octanol–water partition coefficient (Wildman–Crippen LogP) is 3.71. The van der Waals surface area contributed by atoms with Gasteiger partial charge in [-0.25, -0.2) is 16.8 Å². The highest BCUT2D eigenvalue weighted by Gasteiger charge is 2.06. The summed E-state index contributed by atoms with van der Waals surface area (Å²) in [7, 11) is -6.13. The molecule has 0 spiro atoms. The normalized spacial score (nSPS) is 10.6. The zero-order chi connectivity index (χ0) is 21.6. The minimum atomic E-state index is -3.23. The van der Waals surface area contributed by atoms with E-state index in [4.69, 9.17) is 0 Å². The standard InChI is InChI=1S/C8H7NO2.C8H8O2S.C3H6O2S/c10-9(11)7-6-8-4-2-1-3-5-8;1-2-11(9,10)8-6-4-3-5-7-8;1-3-6(2,4)5/h1-7H;2-7H,1H2;3H,1H2,2H3/b7-6+;;. The van der Waals surface area contributed by atoms with Crippen LogP contribution in [0, 0.1) is 10.1 Å². The van der Waals surface area contributed by atoms with E-state index in [1.54, 1.807) is 30.3 Å². The molecule has 0 heterocycles. The first-order chi connectivity index (χ1) is 13.0. The SMILES string of the molecule is C=CS(=O)(=O)c1ccccc1.C=CS(C)(=O)=O.O=[N+]([O-])/C=C/c1ccccc1. The van der Waals surface area contributed by atoms with Gasteiger partial charge in [0.25, 0.3) is 0 Å². The van der Waals surface area contributed by atoms with Crippen molar-refractivity contribution < 1.29 is 21.8 Å². The molecule has 0 aliphatic carbocycles. The topological polar surface area (TPSA) is 111 Å². The Balaban J connectivity index is 0.000000411. The summed E-state index contributed by atoms with van der Waals surface area (Å²) >= 11 is 0. The van der Waals surface area contributed by atoms with E-state index in [1.165, 1.54) is 18.2 Å². The van der Waals surface area contributed by atoms with Crippen molar-refractivity contribution in [2.24, 2.45) is 0 Å². The van der Waals surface area contributed by atoms with E-state index in [1.807, 2.05) is 18.2 Å². The van der Waals surface area contributed by atoms with Gasteiger partial charge < -0.3 is 0 Å². The third-order valence-corrected chi connectivity index (χ3v) is 4.76. The average Bonchev–Trinajstić information content (AvgIpc) is 2.68. The van der Waals surface area contributed by atoms with Crippen LogP contribution in [0.4, 0.5) is 0 Å². The first-order valence-electron chi connectivity index (χ1n) is 7.63. The summed E-state index contributed by atoms with van der Waals surface area (Å²) in [5.41, 5.74) is 0.837. The van der Waals surface area contributed by atoms with Crippen LogP contribution in [0.3, 0.4) is 0 Å². The van der Waals surface area contributed by atoms with Crippen LogP contribution in [-0.4, -0.2) is 28.0 Å². The van der Waals surface area contributed by atoms with Crippen LogP contribution >= 0.6 is 0 Å². The summed E-state index contributed by atoms with van der Waals surface area (Å²) < 4.78 is 41.9. The van der Waals surface area contributed by atoms with Crippen LogP contribution in [0.25, 0.3) is 6.08 Å². The van der Waals surface area contributed by atoms with Crippen molar-refractivity contribution in [1.29, 1.82) is 0 Å². The summed E-state index contributed by atoms with van der Waals surface area (Å²) in [4.78, 5) is 9.70. The lowest BCUT2D eigenvalue weighted by molar-refractivity contribution is -0.400. The van der Waals surface area contributed by atoms with E-state index in [9.17, 15) is 26.9 Å². The molecule has 0 saturated carbocycles. The van der Waals surface area contributed by atoms with E-state index in [2.05, 4.69) is 13.2 Å². The molecule has 0 fully saturated rings. The van der Waals surface area contributed by atoms with Crippen LogP contribution in [0.15, 0.2) is 95.7 Å². The van der Waals surface area contributed by atoms with Gasteiger partial charge in [-0.15, -0.1) is 0 Å². The van der Waals surface area contributed by atoms with Gasteiger partial charge in [0.15, 0.2) is 19.7 Å². The summed E-state index contributed by atoms with van der Waals surface area (Å²) in [5, 5.41) is 11.7. The fourth-order valence-electron chi connectivity index (χ4n) is 1.42. The highest BCUT2D eigenvalue weighted by molar-refractivity contribution is 7.94. The predicted molar refractivity (Wildman–Crippen MR) is 111 cm³/mol. The van der Waals surface area contributed by atoms with E-state index < -0.39 is 24.6 Å². The molecule has 28 heavy (non-hydrogen) atoms. The second-order valence-corrected chi connectivity index (χ2v) is 8.92. The van der Waals surface area contributed by atoms with Crippen molar-refractivity contribution in [2.75, 3.05) is 6.26 Å². The number of hydrogen-bond donors (Lipinski definition) is 0. The lowest BCUT2D eigenvalue weighted by Crippen LogP contribution is -1.93. The van der Waals surface area contributed by atoms with Crippen LogP contribution < -0.4 is 0 Å². The highest BCUT2D eigenvalue weighted by atomic mass is 32.2. The monoisotopic (exact) mass is 423 g/mol. The van der Waals surface area contributed by atoms with Crippen molar-refractivity contribution >= 4 is 25.8 Å². The third kappa shape index (κ3) is 12.3. The molecular formula is C19H21NO6S2. The Morgan fingerprint density at radius 1 is 0.857 bits per heavy atom. The quantitative estimate of drug-likeness (QED) is 0.535. The van der Waals surface area contributed by atoms with Gasteiger partial charge >= 0.3 is 0 Å². The second kappa shape index (κ2) is 12.4. The molecule has 0 atom stereocenters. The summed E-state index contributed by atoms with van der Waals surface area (Å²) in [5.74, 6) is 0. The second-order valence-electron chi connectivity index (χ2n) is 5.03. The molecule has 2 aromatic carbocycles. The number of rotatable bonds is 5. The molecular weight excluding hydrogens is 402 g/mol. The van der Waals surface area contributed by atoms with E-state index in [0.29, 0.717) is 0 Å². The molecule has 7 nitrogen and oxygen atoms in total. The van der Waals surface area contributed by atoms with Crippen LogP contribution in [0.1, 0.15) is 5.56 Å². The molecule has 2 rings (SSSR count).